The number of carboxylic acid groups (broad SMARTS) is 1. The number of nitrogens with one attached hydrogen (secondary N) is 1. The minimum absolute atomic E-state index is 0.245. The number of phenols is 1. The highest BCUT2D eigenvalue weighted by molar-refractivity contribution is 5.73. The van der Waals surface area contributed by atoms with Gasteiger partial charge < -0.3 is 25.0 Å². The van der Waals surface area contributed by atoms with Crippen LogP contribution in [0.4, 0.5) is 13.2 Å². The molecule has 2 aliphatic heterocycles. The summed E-state index contributed by atoms with van der Waals surface area (Å²) in [7, 11) is 0. The minimum Gasteiger partial charge on any atom is -0.504 e. The Morgan fingerprint density at radius 2 is 1.86 bits per heavy atom. The lowest BCUT2D eigenvalue weighted by molar-refractivity contribution is -0.192. The molecule has 0 radical (unpaired) electrons. The Bertz CT molecular complexity index is 808. The van der Waals surface area contributed by atoms with Crippen molar-refractivity contribution in [2.75, 3.05) is 19.8 Å². The van der Waals surface area contributed by atoms with E-state index in [4.69, 9.17) is 19.4 Å². The summed E-state index contributed by atoms with van der Waals surface area (Å²) in [5.41, 5.74) is 2.90. The number of fused-ring (bicyclic) bond motifs is 3. The van der Waals surface area contributed by atoms with Gasteiger partial charge in [-0.1, -0.05) is 12.8 Å². The molecule has 1 aromatic carbocycles. The largest absolute Gasteiger partial charge is 0.504 e. The molecule has 1 aromatic rings. The van der Waals surface area contributed by atoms with E-state index in [0.29, 0.717) is 30.9 Å². The van der Waals surface area contributed by atoms with Crippen LogP contribution < -0.4 is 14.8 Å². The Labute approximate surface area is 166 Å². The second-order valence-corrected chi connectivity index (χ2v) is 8.10. The van der Waals surface area contributed by atoms with Crippen LogP contribution in [-0.2, 0) is 16.6 Å². The fraction of sp³-hybridized carbons (Fsp3) is 0.650. The number of phenolic OH excluding ortho intramolecular Hbond substituents is 1. The molecule has 0 unspecified atom stereocenters. The van der Waals surface area contributed by atoms with Gasteiger partial charge >= 0.3 is 12.1 Å². The van der Waals surface area contributed by atoms with E-state index in [9.17, 15) is 18.3 Å². The number of alkyl halides is 3. The first-order valence-corrected chi connectivity index (χ1v) is 9.92. The molecule has 1 saturated heterocycles. The van der Waals surface area contributed by atoms with Gasteiger partial charge in [-0.2, -0.15) is 13.2 Å². The molecule has 2 aliphatic carbocycles. The predicted octanol–water partition coefficient (Wildman–Crippen LogP) is 3.14. The number of aliphatic carboxylic acids is 1. The fourth-order valence-corrected chi connectivity index (χ4v) is 5.58. The zero-order valence-corrected chi connectivity index (χ0v) is 15.8. The predicted molar refractivity (Wildman–Crippen MR) is 96.5 cm³/mol. The van der Waals surface area contributed by atoms with E-state index in [0.717, 1.165) is 18.7 Å². The van der Waals surface area contributed by atoms with Gasteiger partial charge in [0, 0.05) is 17.0 Å². The van der Waals surface area contributed by atoms with Crippen LogP contribution in [0.3, 0.4) is 0 Å². The van der Waals surface area contributed by atoms with Crippen LogP contribution >= 0.6 is 0 Å². The van der Waals surface area contributed by atoms with E-state index in [1.165, 1.54) is 43.2 Å². The molecular formula is C20H24F3NO5. The number of piperidine rings is 1. The highest BCUT2D eigenvalue weighted by Crippen LogP contribution is 2.58. The third-order valence-corrected chi connectivity index (χ3v) is 6.66. The summed E-state index contributed by atoms with van der Waals surface area (Å²) >= 11 is 0. The highest BCUT2D eigenvalue weighted by atomic mass is 19.4. The normalized spacial score (nSPS) is 29.6. The molecule has 2 heterocycles. The summed E-state index contributed by atoms with van der Waals surface area (Å²) in [5.74, 6) is -0.395. The van der Waals surface area contributed by atoms with Gasteiger partial charge in [0.1, 0.15) is 13.2 Å². The standard InChI is InChI=1S/C18H23NO3.C2HF3O2/c20-15-10-13-11(16-17(15)22-8-7-21-16)9-14-12-3-1-2-4-18(12,13)5-6-19-14;3-2(4,5)1(6)7/h10,12,14,19-20H,1-9H2;(H,6,7)/t12-,14+,18+;/m1./s1. The summed E-state index contributed by atoms with van der Waals surface area (Å²) in [6.07, 6.45) is 2.32. The van der Waals surface area contributed by atoms with Crippen molar-refractivity contribution in [2.45, 2.75) is 56.2 Å². The summed E-state index contributed by atoms with van der Waals surface area (Å²) in [5, 5.41) is 21.3. The maximum absolute atomic E-state index is 10.6. The molecule has 0 spiro atoms. The summed E-state index contributed by atoms with van der Waals surface area (Å²) in [6, 6.07) is 2.56. The van der Waals surface area contributed by atoms with Crippen LogP contribution in [0.1, 0.15) is 43.2 Å². The first kappa shape index (κ1) is 20.1. The van der Waals surface area contributed by atoms with Gasteiger partial charge in [0.2, 0.25) is 5.75 Å². The zero-order valence-electron chi connectivity index (χ0n) is 15.8. The van der Waals surface area contributed by atoms with Crippen molar-refractivity contribution >= 4 is 5.97 Å². The van der Waals surface area contributed by atoms with E-state index in [1.54, 1.807) is 0 Å². The summed E-state index contributed by atoms with van der Waals surface area (Å²) < 4.78 is 43.3. The molecule has 1 saturated carbocycles. The lowest BCUT2D eigenvalue weighted by Gasteiger charge is -2.56. The van der Waals surface area contributed by atoms with E-state index in [1.807, 2.05) is 6.07 Å². The molecule has 4 aliphatic rings. The Kier molecular flexibility index (Phi) is 5.04. The van der Waals surface area contributed by atoms with E-state index < -0.39 is 12.1 Å². The van der Waals surface area contributed by atoms with E-state index >= 15 is 0 Å². The van der Waals surface area contributed by atoms with Gasteiger partial charge in [-0.15, -0.1) is 0 Å². The molecule has 3 N–H and O–H groups in total. The molecule has 0 aromatic heterocycles. The van der Waals surface area contributed by atoms with Gasteiger partial charge in [-0.25, -0.2) is 4.79 Å². The second-order valence-electron chi connectivity index (χ2n) is 8.10. The summed E-state index contributed by atoms with van der Waals surface area (Å²) in [6.45, 7) is 2.20. The zero-order chi connectivity index (χ0) is 20.8. The Morgan fingerprint density at radius 1 is 1.17 bits per heavy atom. The van der Waals surface area contributed by atoms with Crippen LogP contribution in [0.25, 0.3) is 0 Å². The minimum atomic E-state index is -5.08. The molecule has 0 amide bonds. The third kappa shape index (κ3) is 3.39. The number of hydrogen-bond acceptors (Lipinski definition) is 5. The smallest absolute Gasteiger partial charge is 0.490 e. The van der Waals surface area contributed by atoms with Gasteiger partial charge in [0.15, 0.2) is 11.5 Å². The van der Waals surface area contributed by atoms with Crippen LogP contribution in [-0.4, -0.2) is 48.2 Å². The molecule has 29 heavy (non-hydrogen) atoms. The number of rotatable bonds is 0. The number of ether oxygens (including phenoxy) is 2. The monoisotopic (exact) mass is 415 g/mol. The van der Waals surface area contributed by atoms with Gasteiger partial charge in [-0.05, 0) is 49.8 Å². The lowest BCUT2D eigenvalue weighted by Crippen LogP contribution is -2.59. The number of aromatic hydroxyl groups is 1. The first-order valence-electron chi connectivity index (χ1n) is 9.92. The third-order valence-electron chi connectivity index (χ3n) is 6.66. The van der Waals surface area contributed by atoms with Crippen LogP contribution in [0, 0.1) is 5.92 Å². The Balaban J connectivity index is 0.000000255. The lowest BCUT2D eigenvalue weighted by atomic mass is 9.52. The number of hydrogen-bond donors (Lipinski definition) is 3. The quantitative estimate of drug-likeness (QED) is 0.604. The topological polar surface area (TPSA) is 88.0 Å². The number of halogens is 3. The van der Waals surface area contributed by atoms with Gasteiger partial charge in [0.25, 0.3) is 0 Å². The van der Waals surface area contributed by atoms with Gasteiger partial charge in [0.05, 0.1) is 0 Å². The molecule has 9 heteroatoms. The number of benzene rings is 1. The molecule has 5 rings (SSSR count). The van der Waals surface area contributed by atoms with Crippen molar-refractivity contribution < 1.29 is 37.7 Å². The van der Waals surface area contributed by atoms with Crippen LogP contribution in [0.5, 0.6) is 17.2 Å². The maximum Gasteiger partial charge on any atom is 0.490 e. The highest BCUT2D eigenvalue weighted by Gasteiger charge is 2.52. The van der Waals surface area contributed by atoms with Crippen molar-refractivity contribution in [3.63, 3.8) is 0 Å². The first-order chi connectivity index (χ1) is 13.7. The van der Waals surface area contributed by atoms with E-state index in [2.05, 4.69) is 5.32 Å². The molecule has 3 atom stereocenters. The number of carbonyl (C=O) groups is 1. The Morgan fingerprint density at radius 3 is 2.55 bits per heavy atom. The molecule has 2 bridgehead atoms. The average molecular weight is 415 g/mol. The van der Waals surface area contributed by atoms with Crippen molar-refractivity contribution in [3.05, 3.63) is 17.2 Å². The van der Waals surface area contributed by atoms with Gasteiger partial charge in [-0.3, -0.25) is 0 Å². The fourth-order valence-electron chi connectivity index (χ4n) is 5.58. The molecule has 2 fully saturated rings. The second kappa shape index (κ2) is 7.27. The molecule has 160 valence electrons. The van der Waals surface area contributed by atoms with Crippen LogP contribution in [0.15, 0.2) is 6.07 Å². The SMILES string of the molecule is O=C(O)C(F)(F)F.Oc1cc2c(c3c1OCCO3)C[C@@H]1NCC[C@]23CCCC[C@H]13. The maximum atomic E-state index is 10.6. The summed E-state index contributed by atoms with van der Waals surface area (Å²) in [4.78, 5) is 8.90. The molecular weight excluding hydrogens is 391 g/mol. The van der Waals surface area contributed by atoms with Crippen molar-refractivity contribution in [3.8, 4) is 17.2 Å². The van der Waals surface area contributed by atoms with Crippen molar-refractivity contribution in [1.82, 2.24) is 5.32 Å². The Hall–Kier alpha value is -2.16. The van der Waals surface area contributed by atoms with Crippen molar-refractivity contribution in [2.24, 2.45) is 5.92 Å². The van der Waals surface area contributed by atoms with Crippen molar-refractivity contribution in [1.29, 1.82) is 0 Å². The molecule has 6 nitrogen and oxygen atoms in total. The van der Waals surface area contributed by atoms with Crippen LogP contribution in [0.2, 0.25) is 0 Å². The number of carboxylic acids is 1. The average Bonchev–Trinajstić information content (AvgIpc) is 2.69. The van der Waals surface area contributed by atoms with E-state index in [-0.39, 0.29) is 11.2 Å².